The molecule has 0 amide bonds. The number of rotatable bonds is 6. The Hall–Kier alpha value is -2.31. The first-order valence-electron chi connectivity index (χ1n) is 15.6. The van der Waals surface area contributed by atoms with Crippen LogP contribution in [-0.4, -0.2) is 81.6 Å². The maximum Gasteiger partial charge on any atom is 0.243 e. The normalized spacial score (nSPS) is 19.2. The average molecular weight is 678 g/mol. The summed E-state index contributed by atoms with van der Waals surface area (Å²) in [7, 11) is -7.67. The Labute approximate surface area is 275 Å². The van der Waals surface area contributed by atoms with Gasteiger partial charge in [0.05, 0.1) is 9.79 Å². The fourth-order valence-corrected chi connectivity index (χ4v) is 9.72. The van der Waals surface area contributed by atoms with E-state index in [2.05, 4.69) is 11.5 Å². The molecule has 1 saturated heterocycles. The summed E-state index contributed by atoms with van der Waals surface area (Å²) in [5.74, 6) is 0.643. The molecule has 1 saturated carbocycles. The van der Waals surface area contributed by atoms with Gasteiger partial charge in [0, 0.05) is 38.1 Å². The lowest BCUT2D eigenvalue weighted by Gasteiger charge is -2.33. The Morgan fingerprint density at radius 2 is 1.29 bits per heavy atom. The van der Waals surface area contributed by atoms with E-state index in [9.17, 15) is 16.8 Å². The summed E-state index contributed by atoms with van der Waals surface area (Å²) in [6, 6.07) is 19.8. The summed E-state index contributed by atoms with van der Waals surface area (Å²) in [4.78, 5) is 2.96. The molecule has 1 aliphatic carbocycles. The maximum absolute atomic E-state index is 14.2. The zero-order valence-electron chi connectivity index (χ0n) is 26.2. The van der Waals surface area contributed by atoms with Gasteiger partial charge < -0.3 is 10.4 Å². The molecule has 3 aromatic carbocycles. The number of fused-ring (bicyclic) bond motifs is 1. The topological polar surface area (TPSA) is 110 Å². The van der Waals surface area contributed by atoms with Crippen molar-refractivity contribution < 1.29 is 22.3 Å². The Kier molecular flexibility index (Phi) is 13.6. The SMILES string of the molecule is C=C1CN(S(=O)(=O)c2ccc(C)cc2)CCCN(CC2CCCCC2)CCCN(S(=O)(=O)c2cccc3ccccc23)C1.Cl.O. The van der Waals surface area contributed by atoms with Crippen LogP contribution in [0.2, 0.25) is 0 Å². The van der Waals surface area contributed by atoms with Crippen molar-refractivity contribution in [3.05, 3.63) is 84.4 Å². The quantitative estimate of drug-likeness (QED) is 0.313. The molecule has 2 N–H and O–H groups in total. The van der Waals surface area contributed by atoms with Crippen molar-refractivity contribution in [1.29, 1.82) is 0 Å². The molecule has 45 heavy (non-hydrogen) atoms. The Morgan fingerprint density at radius 1 is 0.711 bits per heavy atom. The third-order valence-electron chi connectivity index (χ3n) is 8.83. The van der Waals surface area contributed by atoms with Gasteiger partial charge in [0.2, 0.25) is 20.0 Å². The number of sulfonamides is 2. The molecule has 2 aliphatic rings. The molecule has 0 aromatic heterocycles. The van der Waals surface area contributed by atoms with Crippen molar-refractivity contribution in [1.82, 2.24) is 13.5 Å². The van der Waals surface area contributed by atoms with Crippen LogP contribution in [0.1, 0.15) is 50.5 Å². The van der Waals surface area contributed by atoms with Crippen molar-refractivity contribution >= 4 is 43.2 Å². The summed E-state index contributed by atoms with van der Waals surface area (Å²) in [6.07, 6.45) is 7.70. The van der Waals surface area contributed by atoms with Crippen LogP contribution < -0.4 is 0 Å². The largest absolute Gasteiger partial charge is 0.412 e. The van der Waals surface area contributed by atoms with Gasteiger partial charge in [0.25, 0.3) is 0 Å². The highest BCUT2D eigenvalue weighted by molar-refractivity contribution is 7.89. The highest BCUT2D eigenvalue weighted by Gasteiger charge is 2.30. The second-order valence-corrected chi connectivity index (χ2v) is 16.1. The van der Waals surface area contributed by atoms with Crippen LogP contribution in [0.4, 0.5) is 0 Å². The summed E-state index contributed by atoms with van der Waals surface area (Å²) in [6.45, 7) is 9.49. The van der Waals surface area contributed by atoms with Crippen molar-refractivity contribution in [2.45, 2.75) is 61.7 Å². The zero-order chi connectivity index (χ0) is 30.5. The minimum Gasteiger partial charge on any atom is -0.412 e. The van der Waals surface area contributed by atoms with E-state index in [4.69, 9.17) is 0 Å². The van der Waals surface area contributed by atoms with Crippen LogP contribution >= 0.6 is 12.4 Å². The second-order valence-electron chi connectivity index (χ2n) is 12.2. The van der Waals surface area contributed by atoms with Crippen LogP contribution in [0.25, 0.3) is 10.8 Å². The fourth-order valence-electron chi connectivity index (χ4n) is 6.51. The van der Waals surface area contributed by atoms with Gasteiger partial charge in [-0.15, -0.1) is 12.4 Å². The van der Waals surface area contributed by atoms with Crippen molar-refractivity contribution in [3.8, 4) is 0 Å². The smallest absolute Gasteiger partial charge is 0.243 e. The third-order valence-corrected chi connectivity index (χ3v) is 12.6. The molecular weight excluding hydrogens is 630 g/mol. The van der Waals surface area contributed by atoms with Gasteiger partial charge >= 0.3 is 0 Å². The van der Waals surface area contributed by atoms with Crippen LogP contribution in [0.3, 0.4) is 0 Å². The molecule has 0 bridgehead atoms. The highest BCUT2D eigenvalue weighted by atomic mass is 35.5. The number of hydrogen-bond donors (Lipinski definition) is 0. The first kappa shape index (κ1) is 37.2. The molecule has 0 unspecified atom stereocenters. The van der Waals surface area contributed by atoms with Gasteiger partial charge in [0.15, 0.2) is 0 Å². The fraction of sp³-hybridized carbons (Fsp3) is 0.471. The first-order valence-corrected chi connectivity index (χ1v) is 18.5. The molecule has 8 nitrogen and oxygen atoms in total. The summed E-state index contributed by atoms with van der Waals surface area (Å²) < 4.78 is 59.2. The van der Waals surface area contributed by atoms with Gasteiger partial charge in [-0.05, 0) is 80.8 Å². The Bertz CT molecular complexity index is 1620. The van der Waals surface area contributed by atoms with Crippen LogP contribution in [0, 0.1) is 12.8 Å². The van der Waals surface area contributed by atoms with Gasteiger partial charge in [-0.2, -0.15) is 8.61 Å². The predicted molar refractivity (Wildman–Crippen MR) is 185 cm³/mol. The van der Waals surface area contributed by atoms with Crippen LogP contribution in [0.15, 0.2) is 88.7 Å². The molecule has 11 heteroatoms. The van der Waals surface area contributed by atoms with Gasteiger partial charge in [-0.25, -0.2) is 16.8 Å². The molecule has 1 heterocycles. The average Bonchev–Trinajstić information content (AvgIpc) is 2.99. The number of halogens is 1. The number of benzene rings is 3. The van der Waals surface area contributed by atoms with E-state index in [1.54, 1.807) is 24.3 Å². The van der Waals surface area contributed by atoms with Crippen LogP contribution in [0.5, 0.6) is 0 Å². The molecular formula is C34H48ClN3O5S2. The lowest BCUT2D eigenvalue weighted by atomic mass is 9.89. The zero-order valence-corrected chi connectivity index (χ0v) is 28.7. The summed E-state index contributed by atoms with van der Waals surface area (Å²) >= 11 is 0. The van der Waals surface area contributed by atoms with E-state index in [0.29, 0.717) is 42.8 Å². The van der Waals surface area contributed by atoms with Gasteiger partial charge in [0.1, 0.15) is 0 Å². The number of nitrogens with zero attached hydrogens (tertiary/aromatic N) is 3. The van der Waals surface area contributed by atoms with E-state index in [0.717, 1.165) is 30.6 Å². The monoisotopic (exact) mass is 677 g/mol. The van der Waals surface area contributed by atoms with E-state index >= 15 is 0 Å². The van der Waals surface area contributed by atoms with Crippen LogP contribution in [-0.2, 0) is 20.0 Å². The Balaban J connectivity index is 0.00000276. The van der Waals surface area contributed by atoms with E-state index in [-0.39, 0.29) is 40.8 Å². The molecule has 0 atom stereocenters. The number of hydrogen-bond acceptors (Lipinski definition) is 5. The highest BCUT2D eigenvalue weighted by Crippen LogP contribution is 2.28. The summed E-state index contributed by atoms with van der Waals surface area (Å²) in [5.41, 5.74) is 1.55. The third kappa shape index (κ3) is 9.16. The molecule has 0 radical (unpaired) electrons. The molecule has 3 aromatic rings. The molecule has 2 fully saturated rings. The minimum absolute atomic E-state index is 0. The molecule has 248 valence electrons. The first-order chi connectivity index (χ1) is 20.6. The lowest BCUT2D eigenvalue weighted by molar-refractivity contribution is 0.188. The standard InChI is InChI=1S/C34H45N3O4S2.ClH.H2O/c1-28-17-19-32(20-18-28)42(38,39)36-23-9-21-35(27-30-11-4-3-5-12-30)22-10-24-37(26-29(2)25-36)43(40,41)34-16-8-14-31-13-6-7-15-33(31)34;;/h6-8,13-20,30H,2-5,9-12,21-27H2,1H3;1H;1H2. The van der Waals surface area contributed by atoms with Gasteiger partial charge in [-0.3, -0.25) is 0 Å². The van der Waals surface area contributed by atoms with Gasteiger partial charge in [-0.1, -0.05) is 79.9 Å². The van der Waals surface area contributed by atoms with Crippen molar-refractivity contribution in [2.75, 3.05) is 45.8 Å². The predicted octanol–water partition coefficient (Wildman–Crippen LogP) is 5.66. The van der Waals surface area contributed by atoms with E-state index in [1.807, 2.05) is 49.4 Å². The summed E-state index contributed by atoms with van der Waals surface area (Å²) in [5, 5.41) is 1.55. The molecule has 5 rings (SSSR count). The molecule has 1 aliphatic heterocycles. The number of aryl methyl sites for hydroxylation is 1. The van der Waals surface area contributed by atoms with E-state index in [1.165, 1.54) is 40.7 Å². The minimum atomic E-state index is -3.88. The van der Waals surface area contributed by atoms with E-state index < -0.39 is 20.0 Å². The Morgan fingerprint density at radius 3 is 1.93 bits per heavy atom. The maximum atomic E-state index is 14.2. The molecule has 0 spiro atoms. The lowest BCUT2D eigenvalue weighted by Crippen LogP contribution is -2.42. The van der Waals surface area contributed by atoms with Crippen molar-refractivity contribution in [3.63, 3.8) is 0 Å². The van der Waals surface area contributed by atoms with Crippen molar-refractivity contribution in [2.24, 2.45) is 5.92 Å². The second kappa shape index (κ2) is 16.5.